The van der Waals surface area contributed by atoms with Crippen molar-refractivity contribution in [2.75, 3.05) is 6.61 Å². The number of allylic oxidation sites excluding steroid dienone is 1. The highest BCUT2D eigenvalue weighted by atomic mass is 16.5. The molecule has 0 aromatic carbocycles. The average molecular weight is 344 g/mol. The Kier molecular flexibility index (Phi) is 15.0. The van der Waals surface area contributed by atoms with Gasteiger partial charge in [0.2, 0.25) is 0 Å². The fraction of sp³-hybridized carbons (Fsp3) is 0.500. The van der Waals surface area contributed by atoms with Crippen LogP contribution in [-0.4, -0.2) is 46.8 Å². The zero-order valence-electron chi connectivity index (χ0n) is 13.9. The van der Waals surface area contributed by atoms with E-state index >= 15 is 0 Å². The Labute approximate surface area is 140 Å². The third kappa shape index (κ3) is 21.7. The Morgan fingerprint density at radius 2 is 1.58 bits per heavy atom. The maximum absolute atomic E-state index is 10.4. The Morgan fingerprint density at radius 3 is 2.00 bits per heavy atom. The van der Waals surface area contributed by atoms with Crippen LogP contribution in [0.4, 0.5) is 0 Å². The van der Waals surface area contributed by atoms with Gasteiger partial charge in [0, 0.05) is 26.7 Å². The molecule has 0 spiro atoms. The minimum atomic E-state index is -0.908. The van der Waals surface area contributed by atoms with Gasteiger partial charge in [-0.3, -0.25) is 19.2 Å². The number of carboxylic acids is 2. The first-order valence-electron chi connectivity index (χ1n) is 7.20. The maximum Gasteiger partial charge on any atom is 0.303 e. The molecule has 0 fully saturated rings. The van der Waals surface area contributed by atoms with Crippen LogP contribution in [0.5, 0.6) is 0 Å². The molecule has 1 unspecified atom stereocenters. The molecule has 0 radical (unpaired) electrons. The van der Waals surface area contributed by atoms with E-state index in [1.54, 1.807) is 12.2 Å². The molecule has 0 saturated carbocycles. The summed E-state index contributed by atoms with van der Waals surface area (Å²) in [5.41, 5.74) is 0. The minimum absolute atomic E-state index is 0.0238. The first-order chi connectivity index (χ1) is 11.2. The highest BCUT2D eigenvalue weighted by Crippen LogP contribution is 2.03. The van der Waals surface area contributed by atoms with Gasteiger partial charge in [0.25, 0.3) is 0 Å². The zero-order chi connectivity index (χ0) is 19.0. The number of hydrogen-bond donors (Lipinski definition) is 2. The third-order valence-corrected chi connectivity index (χ3v) is 2.30. The van der Waals surface area contributed by atoms with Crippen molar-refractivity contribution in [2.24, 2.45) is 0 Å². The van der Waals surface area contributed by atoms with E-state index in [0.29, 0.717) is 6.42 Å². The highest BCUT2D eigenvalue weighted by Gasteiger charge is 2.09. The summed E-state index contributed by atoms with van der Waals surface area (Å²) in [7, 11) is 0. The van der Waals surface area contributed by atoms with Crippen LogP contribution >= 0.6 is 0 Å². The van der Waals surface area contributed by atoms with Crippen LogP contribution in [0, 0.1) is 0 Å². The van der Waals surface area contributed by atoms with Gasteiger partial charge in [0.1, 0.15) is 12.7 Å². The van der Waals surface area contributed by atoms with Crippen LogP contribution in [0.25, 0.3) is 0 Å². The Bertz CT molecular complexity index is 433. The van der Waals surface area contributed by atoms with Crippen LogP contribution in [0.1, 0.15) is 39.5 Å². The highest BCUT2D eigenvalue weighted by molar-refractivity contribution is 5.68. The van der Waals surface area contributed by atoms with Gasteiger partial charge in [0.15, 0.2) is 0 Å². The molecular weight excluding hydrogens is 320 g/mol. The molecule has 0 aliphatic carbocycles. The molecular formula is C16H24O8. The van der Waals surface area contributed by atoms with E-state index in [1.807, 2.05) is 0 Å². The van der Waals surface area contributed by atoms with Crippen molar-refractivity contribution in [1.29, 1.82) is 0 Å². The summed E-state index contributed by atoms with van der Waals surface area (Å²) in [4.78, 5) is 40.8. The molecule has 0 heterocycles. The van der Waals surface area contributed by atoms with Gasteiger partial charge in [0.05, 0.1) is 0 Å². The lowest BCUT2D eigenvalue weighted by Crippen LogP contribution is -2.14. The topological polar surface area (TPSA) is 127 Å². The summed E-state index contributed by atoms with van der Waals surface area (Å²) in [5.74, 6) is -2.50. The lowest BCUT2D eigenvalue weighted by Gasteiger charge is -2.10. The molecule has 0 bridgehead atoms. The number of carbonyl (C=O) groups excluding carboxylic acids is 2. The fourth-order valence-corrected chi connectivity index (χ4v) is 1.26. The fourth-order valence-electron chi connectivity index (χ4n) is 1.26. The number of aliphatic carboxylic acids is 2. The van der Waals surface area contributed by atoms with Gasteiger partial charge in [-0.1, -0.05) is 24.8 Å². The molecule has 0 saturated heterocycles. The summed E-state index contributed by atoms with van der Waals surface area (Å²) in [6.07, 6.45) is 5.07. The second-order valence-corrected chi connectivity index (χ2v) is 4.52. The van der Waals surface area contributed by atoms with Gasteiger partial charge in [-0.2, -0.15) is 0 Å². The first kappa shape index (κ1) is 23.6. The predicted octanol–water partition coefficient (Wildman–Crippen LogP) is 1.94. The Morgan fingerprint density at radius 1 is 1.00 bits per heavy atom. The standard InChI is InChI=1S/2C8H12O4/c1-7(9)12-6-4-2-3-5-8(10)11;1-3-7(12-6(2)9)4-5-8(10)11/h2,4H,3,5-6H2,1H3,(H,10,11);3,7H,1,4-5H2,2H3,(H,10,11). The van der Waals surface area contributed by atoms with E-state index in [-0.39, 0.29) is 31.8 Å². The number of hydrogen-bond acceptors (Lipinski definition) is 6. The van der Waals surface area contributed by atoms with Crippen LogP contribution in [0.3, 0.4) is 0 Å². The van der Waals surface area contributed by atoms with Crippen molar-refractivity contribution < 1.29 is 38.9 Å². The molecule has 0 aliphatic heterocycles. The molecule has 2 N–H and O–H groups in total. The van der Waals surface area contributed by atoms with Gasteiger partial charge in [-0.05, 0) is 12.8 Å². The van der Waals surface area contributed by atoms with Gasteiger partial charge >= 0.3 is 23.9 Å². The Balaban J connectivity index is 0. The summed E-state index contributed by atoms with van der Waals surface area (Å²) in [6.45, 7) is 6.24. The number of carbonyl (C=O) groups is 4. The molecule has 0 aromatic heterocycles. The van der Waals surface area contributed by atoms with E-state index in [0.717, 1.165) is 0 Å². The maximum atomic E-state index is 10.4. The summed E-state index contributed by atoms with van der Waals surface area (Å²) < 4.78 is 9.31. The molecule has 24 heavy (non-hydrogen) atoms. The summed E-state index contributed by atoms with van der Waals surface area (Å²) >= 11 is 0. The predicted molar refractivity (Wildman–Crippen MR) is 85.3 cm³/mol. The van der Waals surface area contributed by atoms with E-state index in [4.69, 9.17) is 14.9 Å². The SMILES string of the molecule is C=CC(CCC(=O)O)OC(C)=O.CC(=O)OCC=CCCC(=O)O. The van der Waals surface area contributed by atoms with Crippen LogP contribution in [-0.2, 0) is 28.7 Å². The Hall–Kier alpha value is -2.64. The second kappa shape index (κ2) is 15.3. The van der Waals surface area contributed by atoms with Gasteiger partial charge < -0.3 is 19.7 Å². The van der Waals surface area contributed by atoms with Crippen molar-refractivity contribution in [2.45, 2.75) is 45.6 Å². The van der Waals surface area contributed by atoms with Crippen LogP contribution < -0.4 is 0 Å². The molecule has 0 amide bonds. The lowest BCUT2D eigenvalue weighted by molar-refractivity contribution is -0.146. The van der Waals surface area contributed by atoms with Crippen molar-refractivity contribution in [3.8, 4) is 0 Å². The largest absolute Gasteiger partial charge is 0.481 e. The second-order valence-electron chi connectivity index (χ2n) is 4.52. The van der Waals surface area contributed by atoms with Crippen LogP contribution in [0.2, 0.25) is 0 Å². The average Bonchev–Trinajstić information content (AvgIpc) is 2.46. The minimum Gasteiger partial charge on any atom is -0.481 e. The van der Waals surface area contributed by atoms with Crippen molar-refractivity contribution in [1.82, 2.24) is 0 Å². The third-order valence-electron chi connectivity index (χ3n) is 2.30. The molecule has 8 nitrogen and oxygen atoms in total. The number of rotatable bonds is 10. The molecule has 136 valence electrons. The van der Waals surface area contributed by atoms with Gasteiger partial charge in [-0.15, -0.1) is 0 Å². The van der Waals surface area contributed by atoms with E-state index in [1.165, 1.54) is 19.9 Å². The van der Waals surface area contributed by atoms with E-state index < -0.39 is 24.0 Å². The van der Waals surface area contributed by atoms with Crippen LogP contribution in [0.15, 0.2) is 24.8 Å². The molecule has 0 aromatic rings. The van der Waals surface area contributed by atoms with Gasteiger partial charge in [-0.25, -0.2) is 0 Å². The molecule has 0 rings (SSSR count). The number of ether oxygens (including phenoxy) is 2. The van der Waals surface area contributed by atoms with Crippen molar-refractivity contribution in [3.05, 3.63) is 24.8 Å². The smallest absolute Gasteiger partial charge is 0.303 e. The van der Waals surface area contributed by atoms with E-state index in [2.05, 4.69) is 11.3 Å². The van der Waals surface area contributed by atoms with Crippen molar-refractivity contribution in [3.63, 3.8) is 0 Å². The van der Waals surface area contributed by atoms with E-state index in [9.17, 15) is 19.2 Å². The molecule has 0 aliphatic rings. The normalized spacial score (nSPS) is 10.9. The van der Waals surface area contributed by atoms with Crippen molar-refractivity contribution >= 4 is 23.9 Å². The zero-order valence-corrected chi connectivity index (χ0v) is 13.9. The number of esters is 2. The first-order valence-corrected chi connectivity index (χ1v) is 7.20. The molecule has 8 heteroatoms. The summed E-state index contributed by atoms with van der Waals surface area (Å²) in [5, 5.41) is 16.6. The molecule has 1 atom stereocenters. The monoisotopic (exact) mass is 344 g/mol. The summed E-state index contributed by atoms with van der Waals surface area (Å²) in [6, 6.07) is 0. The quantitative estimate of drug-likeness (QED) is 0.454. The number of carboxylic acid groups (broad SMARTS) is 2. The lowest BCUT2D eigenvalue weighted by atomic mass is 10.2.